The standard InChI is InChI=1S/C8H9N3O4/c1-4-6(3-9-15-5(2)12)7(13)11-8(14)10-4/h3H,1-2H3,(H2,10,11,13,14). The molecule has 1 aromatic heterocycles. The van der Waals surface area contributed by atoms with Crippen LogP contribution in [0, 0.1) is 6.92 Å². The molecule has 0 aliphatic carbocycles. The van der Waals surface area contributed by atoms with Crippen molar-refractivity contribution in [3.05, 3.63) is 32.1 Å². The summed E-state index contributed by atoms with van der Waals surface area (Å²) >= 11 is 0. The lowest BCUT2D eigenvalue weighted by atomic mass is 10.2. The van der Waals surface area contributed by atoms with Gasteiger partial charge in [-0.25, -0.2) is 9.59 Å². The third kappa shape index (κ3) is 2.90. The molecule has 0 spiro atoms. The molecule has 1 rings (SSSR count). The Hall–Kier alpha value is -2.18. The molecule has 7 heteroatoms. The highest BCUT2D eigenvalue weighted by atomic mass is 16.7. The summed E-state index contributed by atoms with van der Waals surface area (Å²) in [5, 5.41) is 3.28. The Kier molecular flexibility index (Phi) is 3.17. The predicted molar refractivity (Wildman–Crippen MR) is 51.8 cm³/mol. The van der Waals surface area contributed by atoms with Gasteiger partial charge in [-0.1, -0.05) is 5.16 Å². The molecule has 0 saturated heterocycles. The maximum absolute atomic E-state index is 11.2. The van der Waals surface area contributed by atoms with Crippen LogP contribution in [0.2, 0.25) is 0 Å². The monoisotopic (exact) mass is 211 g/mol. The lowest BCUT2D eigenvalue weighted by molar-refractivity contribution is -0.140. The highest BCUT2D eigenvalue weighted by molar-refractivity contribution is 5.80. The van der Waals surface area contributed by atoms with E-state index in [-0.39, 0.29) is 5.56 Å². The van der Waals surface area contributed by atoms with Crippen molar-refractivity contribution in [3.63, 3.8) is 0 Å². The van der Waals surface area contributed by atoms with Crippen molar-refractivity contribution in [1.29, 1.82) is 0 Å². The Balaban J connectivity index is 3.05. The molecule has 0 aromatic carbocycles. The number of aryl methyl sites for hydroxylation is 1. The number of aromatic amines is 2. The zero-order valence-corrected chi connectivity index (χ0v) is 8.16. The topological polar surface area (TPSA) is 104 Å². The van der Waals surface area contributed by atoms with E-state index in [9.17, 15) is 14.4 Å². The number of rotatable bonds is 2. The molecule has 0 amide bonds. The maximum atomic E-state index is 11.2. The van der Waals surface area contributed by atoms with Gasteiger partial charge in [0.15, 0.2) is 0 Å². The largest absolute Gasteiger partial charge is 0.331 e. The van der Waals surface area contributed by atoms with Crippen LogP contribution in [0.25, 0.3) is 0 Å². The van der Waals surface area contributed by atoms with Gasteiger partial charge >= 0.3 is 11.7 Å². The van der Waals surface area contributed by atoms with Crippen molar-refractivity contribution in [2.75, 3.05) is 0 Å². The van der Waals surface area contributed by atoms with Gasteiger partial charge in [-0.2, -0.15) is 0 Å². The summed E-state index contributed by atoms with van der Waals surface area (Å²) in [6.07, 6.45) is 1.06. The summed E-state index contributed by atoms with van der Waals surface area (Å²) < 4.78 is 0. The number of nitrogens with zero attached hydrogens (tertiary/aromatic N) is 1. The van der Waals surface area contributed by atoms with Gasteiger partial charge in [-0.15, -0.1) is 0 Å². The minimum atomic E-state index is -0.595. The minimum absolute atomic E-state index is 0.135. The van der Waals surface area contributed by atoms with Gasteiger partial charge in [0.25, 0.3) is 5.56 Å². The summed E-state index contributed by atoms with van der Waals surface area (Å²) in [5.41, 5.74) is -0.704. The zero-order chi connectivity index (χ0) is 11.4. The quantitative estimate of drug-likeness (QED) is 0.382. The van der Waals surface area contributed by atoms with Crippen molar-refractivity contribution >= 4 is 12.2 Å². The summed E-state index contributed by atoms with van der Waals surface area (Å²) in [5.74, 6) is -0.593. The number of H-pyrrole nitrogens is 2. The van der Waals surface area contributed by atoms with Crippen molar-refractivity contribution in [3.8, 4) is 0 Å². The van der Waals surface area contributed by atoms with Crippen molar-refractivity contribution in [1.82, 2.24) is 9.97 Å². The first-order chi connectivity index (χ1) is 7.00. The van der Waals surface area contributed by atoms with E-state index in [0.717, 1.165) is 6.21 Å². The second-order valence-electron chi connectivity index (χ2n) is 2.76. The second kappa shape index (κ2) is 4.36. The molecular weight excluding hydrogens is 202 g/mol. The molecule has 1 aromatic rings. The lowest BCUT2D eigenvalue weighted by Crippen LogP contribution is -2.26. The van der Waals surface area contributed by atoms with Crippen molar-refractivity contribution in [2.24, 2.45) is 5.16 Å². The van der Waals surface area contributed by atoms with Crippen LogP contribution in [-0.4, -0.2) is 22.2 Å². The predicted octanol–water partition coefficient (Wildman–Crippen LogP) is -0.731. The average molecular weight is 211 g/mol. The van der Waals surface area contributed by atoms with Crippen molar-refractivity contribution in [2.45, 2.75) is 13.8 Å². The fourth-order valence-corrected chi connectivity index (χ4v) is 0.918. The Morgan fingerprint density at radius 1 is 1.40 bits per heavy atom. The van der Waals surface area contributed by atoms with E-state index in [1.165, 1.54) is 13.8 Å². The highest BCUT2D eigenvalue weighted by Gasteiger charge is 2.02. The van der Waals surface area contributed by atoms with E-state index in [2.05, 4.69) is 15.0 Å². The molecule has 0 aliphatic rings. The average Bonchev–Trinajstić information content (AvgIpc) is 2.08. The Morgan fingerprint density at radius 3 is 2.60 bits per heavy atom. The smallest absolute Gasteiger partial charge is 0.319 e. The van der Waals surface area contributed by atoms with Gasteiger partial charge in [-0.05, 0) is 6.92 Å². The first-order valence-electron chi connectivity index (χ1n) is 4.05. The van der Waals surface area contributed by atoms with E-state index in [4.69, 9.17) is 0 Å². The summed E-state index contributed by atoms with van der Waals surface area (Å²) in [6.45, 7) is 2.72. The van der Waals surface area contributed by atoms with Crippen LogP contribution >= 0.6 is 0 Å². The first kappa shape index (κ1) is 10.9. The van der Waals surface area contributed by atoms with Crippen LogP contribution in [0.4, 0.5) is 0 Å². The van der Waals surface area contributed by atoms with E-state index in [1.54, 1.807) is 0 Å². The van der Waals surface area contributed by atoms with Crippen LogP contribution in [0.3, 0.4) is 0 Å². The first-order valence-corrected chi connectivity index (χ1v) is 4.05. The number of oxime groups is 1. The fraction of sp³-hybridized carbons (Fsp3) is 0.250. The molecule has 80 valence electrons. The van der Waals surface area contributed by atoms with Gasteiger partial charge in [0.1, 0.15) is 0 Å². The molecule has 0 unspecified atom stereocenters. The maximum Gasteiger partial charge on any atom is 0.331 e. The highest BCUT2D eigenvalue weighted by Crippen LogP contribution is 1.90. The molecule has 0 atom stereocenters. The Morgan fingerprint density at radius 2 is 2.07 bits per heavy atom. The third-order valence-corrected chi connectivity index (χ3v) is 1.54. The molecule has 0 saturated carbocycles. The lowest BCUT2D eigenvalue weighted by Gasteiger charge is -1.96. The van der Waals surface area contributed by atoms with Crippen LogP contribution in [0.15, 0.2) is 14.7 Å². The third-order valence-electron chi connectivity index (χ3n) is 1.54. The van der Waals surface area contributed by atoms with E-state index in [0.29, 0.717) is 5.69 Å². The number of nitrogens with one attached hydrogen (secondary N) is 2. The molecule has 0 aliphatic heterocycles. The summed E-state index contributed by atoms with van der Waals surface area (Å²) in [6, 6.07) is 0. The summed E-state index contributed by atoms with van der Waals surface area (Å²) in [7, 11) is 0. The van der Waals surface area contributed by atoms with Crippen LogP contribution < -0.4 is 11.2 Å². The van der Waals surface area contributed by atoms with E-state index in [1.807, 2.05) is 4.98 Å². The van der Waals surface area contributed by atoms with Crippen LogP contribution in [0.5, 0.6) is 0 Å². The molecule has 1 heterocycles. The molecule has 15 heavy (non-hydrogen) atoms. The van der Waals surface area contributed by atoms with Crippen LogP contribution in [-0.2, 0) is 9.63 Å². The van der Waals surface area contributed by atoms with Gasteiger partial charge in [0, 0.05) is 12.6 Å². The Labute approximate surface area is 83.8 Å². The van der Waals surface area contributed by atoms with Gasteiger partial charge in [-0.3, -0.25) is 9.78 Å². The van der Waals surface area contributed by atoms with Gasteiger partial charge < -0.3 is 9.82 Å². The molecule has 7 nitrogen and oxygen atoms in total. The molecule has 0 fully saturated rings. The molecular formula is C8H9N3O4. The van der Waals surface area contributed by atoms with Gasteiger partial charge in [0.2, 0.25) is 0 Å². The van der Waals surface area contributed by atoms with Gasteiger partial charge in [0.05, 0.1) is 11.8 Å². The molecule has 0 bridgehead atoms. The van der Waals surface area contributed by atoms with Crippen LogP contribution in [0.1, 0.15) is 18.2 Å². The number of carbonyl (C=O) groups is 1. The molecule has 2 N–H and O–H groups in total. The Bertz CT molecular complexity index is 511. The second-order valence-corrected chi connectivity index (χ2v) is 2.76. The van der Waals surface area contributed by atoms with Crippen molar-refractivity contribution < 1.29 is 9.63 Å². The summed E-state index contributed by atoms with van der Waals surface area (Å²) in [4.78, 5) is 41.1. The fourth-order valence-electron chi connectivity index (χ4n) is 0.918. The normalized spacial score (nSPS) is 10.5. The number of aromatic nitrogens is 2. The number of hydrogen-bond donors (Lipinski definition) is 2. The molecule has 0 radical (unpaired) electrons. The van der Waals surface area contributed by atoms with E-state index < -0.39 is 17.2 Å². The minimum Gasteiger partial charge on any atom is -0.319 e. The number of hydrogen-bond acceptors (Lipinski definition) is 5. The van der Waals surface area contributed by atoms with E-state index >= 15 is 0 Å². The SMILES string of the molecule is CC(=O)ON=Cc1c(C)[nH]c(=O)[nH]c1=O. The number of carbonyl (C=O) groups excluding carboxylic acids is 1. The zero-order valence-electron chi connectivity index (χ0n) is 8.16.